The lowest BCUT2D eigenvalue weighted by Crippen LogP contribution is -1.92. The number of methoxy groups -OCH3 is 1. The molecule has 1 aromatic heterocycles. The molecule has 0 aliphatic heterocycles. The molecule has 0 aromatic carbocycles. The van der Waals surface area contributed by atoms with Gasteiger partial charge in [0.1, 0.15) is 0 Å². The maximum atomic E-state index is 8.75. The molecule has 3 nitrogen and oxygen atoms in total. The topological polar surface area (TPSA) is 42.4 Å². The van der Waals surface area contributed by atoms with Gasteiger partial charge < -0.3 is 9.84 Å². The van der Waals surface area contributed by atoms with Crippen molar-refractivity contribution in [2.45, 2.75) is 13.2 Å². The van der Waals surface area contributed by atoms with E-state index in [1.54, 1.807) is 19.5 Å². The molecule has 0 aliphatic rings. The minimum Gasteiger partial charge on any atom is -0.392 e. The van der Waals surface area contributed by atoms with Gasteiger partial charge >= 0.3 is 0 Å². The molecule has 60 valence electrons. The van der Waals surface area contributed by atoms with E-state index in [0.717, 1.165) is 11.1 Å². The summed E-state index contributed by atoms with van der Waals surface area (Å²) in [6.45, 7) is 0.575. The van der Waals surface area contributed by atoms with Gasteiger partial charge in [-0.1, -0.05) is 0 Å². The molecule has 1 aromatic rings. The Bertz CT molecular complexity index is 225. The Labute approximate surface area is 65.7 Å². The Balaban J connectivity index is 2.74. The quantitative estimate of drug-likeness (QED) is 0.695. The fourth-order valence-corrected chi connectivity index (χ4v) is 0.873. The van der Waals surface area contributed by atoms with Crippen molar-refractivity contribution in [3.8, 4) is 0 Å². The van der Waals surface area contributed by atoms with Gasteiger partial charge in [0.2, 0.25) is 0 Å². The molecule has 0 saturated carbocycles. The van der Waals surface area contributed by atoms with E-state index in [2.05, 4.69) is 4.98 Å². The van der Waals surface area contributed by atoms with Gasteiger partial charge in [0.05, 0.1) is 13.2 Å². The van der Waals surface area contributed by atoms with Crippen LogP contribution in [0.1, 0.15) is 11.1 Å². The molecule has 1 N–H and O–H groups in total. The highest BCUT2D eigenvalue weighted by atomic mass is 16.5. The van der Waals surface area contributed by atoms with Gasteiger partial charge in [-0.15, -0.1) is 0 Å². The molecular formula is C8H11NO2. The van der Waals surface area contributed by atoms with Crippen molar-refractivity contribution in [2.24, 2.45) is 0 Å². The van der Waals surface area contributed by atoms with Gasteiger partial charge in [0.15, 0.2) is 0 Å². The van der Waals surface area contributed by atoms with Crippen LogP contribution < -0.4 is 0 Å². The second-order valence-corrected chi connectivity index (χ2v) is 2.29. The van der Waals surface area contributed by atoms with Crippen molar-refractivity contribution < 1.29 is 9.84 Å². The van der Waals surface area contributed by atoms with Gasteiger partial charge in [-0.3, -0.25) is 4.98 Å². The van der Waals surface area contributed by atoms with Crippen molar-refractivity contribution in [3.05, 3.63) is 29.6 Å². The molecule has 11 heavy (non-hydrogen) atoms. The molecule has 0 atom stereocenters. The molecule has 0 fully saturated rings. The Kier molecular flexibility index (Phi) is 3.01. The lowest BCUT2D eigenvalue weighted by Gasteiger charge is -1.99. The van der Waals surface area contributed by atoms with Crippen molar-refractivity contribution >= 4 is 0 Å². The Morgan fingerprint density at radius 3 is 2.82 bits per heavy atom. The molecule has 0 spiro atoms. The summed E-state index contributed by atoms with van der Waals surface area (Å²) < 4.78 is 4.91. The minimum absolute atomic E-state index is 0.0323. The van der Waals surface area contributed by atoms with Crippen LogP contribution in [-0.2, 0) is 18.0 Å². The number of aliphatic hydroxyl groups is 1. The monoisotopic (exact) mass is 153 g/mol. The van der Waals surface area contributed by atoms with Crippen molar-refractivity contribution in [2.75, 3.05) is 7.11 Å². The molecule has 1 heterocycles. The van der Waals surface area contributed by atoms with Gasteiger partial charge in [0, 0.05) is 19.5 Å². The van der Waals surface area contributed by atoms with Gasteiger partial charge in [-0.25, -0.2) is 0 Å². The second kappa shape index (κ2) is 4.05. The first-order valence-electron chi connectivity index (χ1n) is 3.39. The first-order valence-corrected chi connectivity index (χ1v) is 3.39. The summed E-state index contributed by atoms with van der Waals surface area (Å²) in [6.07, 6.45) is 3.36. The first-order chi connectivity index (χ1) is 5.36. The predicted molar refractivity (Wildman–Crippen MR) is 40.9 cm³/mol. The van der Waals surface area contributed by atoms with E-state index in [1.165, 1.54) is 0 Å². The number of nitrogens with zero attached hydrogens (tertiary/aromatic N) is 1. The van der Waals surface area contributed by atoms with Gasteiger partial charge in [-0.2, -0.15) is 0 Å². The highest BCUT2D eigenvalue weighted by molar-refractivity contribution is 5.16. The number of rotatable bonds is 3. The fraction of sp³-hybridized carbons (Fsp3) is 0.375. The van der Waals surface area contributed by atoms with Crippen LogP contribution in [0.3, 0.4) is 0 Å². The maximum absolute atomic E-state index is 8.75. The van der Waals surface area contributed by atoms with Crippen molar-refractivity contribution in [1.29, 1.82) is 0 Å². The third-order valence-electron chi connectivity index (χ3n) is 1.35. The summed E-state index contributed by atoms with van der Waals surface area (Å²) in [7, 11) is 1.63. The Morgan fingerprint density at radius 1 is 1.45 bits per heavy atom. The van der Waals surface area contributed by atoms with Crippen LogP contribution in [0.25, 0.3) is 0 Å². The summed E-state index contributed by atoms with van der Waals surface area (Å²) in [5.74, 6) is 0. The molecule has 0 saturated heterocycles. The highest BCUT2D eigenvalue weighted by Crippen LogP contribution is 2.02. The average Bonchev–Trinajstić information content (AvgIpc) is 2.06. The van der Waals surface area contributed by atoms with Gasteiger partial charge in [-0.05, 0) is 17.2 Å². The third kappa shape index (κ3) is 2.29. The molecule has 0 aliphatic carbocycles. The summed E-state index contributed by atoms with van der Waals surface area (Å²) in [5.41, 5.74) is 1.80. The number of ether oxygens (including phenoxy) is 1. The number of aliphatic hydroxyl groups excluding tert-OH is 1. The number of aromatic nitrogens is 1. The van der Waals surface area contributed by atoms with Crippen LogP contribution in [0, 0.1) is 0 Å². The molecule has 3 heteroatoms. The number of hydrogen-bond donors (Lipinski definition) is 1. The zero-order valence-corrected chi connectivity index (χ0v) is 6.45. The van der Waals surface area contributed by atoms with E-state index in [0.29, 0.717) is 6.61 Å². The number of pyridine rings is 1. The molecule has 0 amide bonds. The largest absolute Gasteiger partial charge is 0.392 e. The van der Waals surface area contributed by atoms with Crippen LogP contribution in [0.4, 0.5) is 0 Å². The normalized spacial score (nSPS) is 10.0. The smallest absolute Gasteiger partial charge is 0.0728 e. The van der Waals surface area contributed by atoms with E-state index in [4.69, 9.17) is 9.84 Å². The summed E-state index contributed by atoms with van der Waals surface area (Å²) in [6, 6.07) is 1.87. The Hall–Kier alpha value is -0.930. The standard InChI is InChI=1S/C8H11NO2/c1-11-6-8-2-7(5-10)3-9-4-8/h2-4,10H,5-6H2,1H3. The lowest BCUT2D eigenvalue weighted by molar-refractivity contribution is 0.184. The zero-order valence-electron chi connectivity index (χ0n) is 6.45. The van der Waals surface area contributed by atoms with Crippen LogP contribution >= 0.6 is 0 Å². The third-order valence-corrected chi connectivity index (χ3v) is 1.35. The molecule has 0 bridgehead atoms. The van der Waals surface area contributed by atoms with Crippen LogP contribution in [0.5, 0.6) is 0 Å². The summed E-state index contributed by atoms with van der Waals surface area (Å²) in [4.78, 5) is 3.93. The van der Waals surface area contributed by atoms with E-state index in [1.807, 2.05) is 6.07 Å². The van der Waals surface area contributed by atoms with Crippen LogP contribution in [0.2, 0.25) is 0 Å². The van der Waals surface area contributed by atoms with E-state index < -0.39 is 0 Å². The SMILES string of the molecule is COCc1cncc(CO)c1. The molecule has 0 radical (unpaired) electrons. The average molecular weight is 153 g/mol. The first kappa shape index (κ1) is 8.17. The minimum atomic E-state index is 0.0323. The van der Waals surface area contributed by atoms with E-state index in [-0.39, 0.29) is 6.61 Å². The van der Waals surface area contributed by atoms with Gasteiger partial charge in [0.25, 0.3) is 0 Å². The van der Waals surface area contributed by atoms with Crippen LogP contribution in [-0.4, -0.2) is 17.2 Å². The van der Waals surface area contributed by atoms with Crippen molar-refractivity contribution in [1.82, 2.24) is 4.98 Å². The molecule has 1 rings (SSSR count). The van der Waals surface area contributed by atoms with E-state index >= 15 is 0 Å². The fourth-order valence-electron chi connectivity index (χ4n) is 0.873. The molecular weight excluding hydrogens is 142 g/mol. The van der Waals surface area contributed by atoms with Crippen LogP contribution in [0.15, 0.2) is 18.5 Å². The Morgan fingerprint density at radius 2 is 2.18 bits per heavy atom. The second-order valence-electron chi connectivity index (χ2n) is 2.29. The predicted octanol–water partition coefficient (Wildman–Crippen LogP) is 0.720. The highest BCUT2D eigenvalue weighted by Gasteiger charge is 1.93. The van der Waals surface area contributed by atoms with E-state index in [9.17, 15) is 0 Å². The summed E-state index contributed by atoms with van der Waals surface area (Å²) >= 11 is 0. The summed E-state index contributed by atoms with van der Waals surface area (Å²) in [5, 5.41) is 8.75. The number of hydrogen-bond acceptors (Lipinski definition) is 3. The molecule has 0 unspecified atom stereocenters. The zero-order chi connectivity index (χ0) is 8.10. The maximum Gasteiger partial charge on any atom is 0.0728 e. The lowest BCUT2D eigenvalue weighted by atomic mass is 10.2. The van der Waals surface area contributed by atoms with Crippen molar-refractivity contribution in [3.63, 3.8) is 0 Å².